The molecule has 84 valence electrons. The summed E-state index contributed by atoms with van der Waals surface area (Å²) in [6, 6.07) is 0.678. The predicted octanol–water partition coefficient (Wildman–Crippen LogP) is 1.57. The fourth-order valence-corrected chi connectivity index (χ4v) is 2.89. The first kappa shape index (κ1) is 11.0. The maximum absolute atomic E-state index is 4.33. The summed E-state index contributed by atoms with van der Waals surface area (Å²) in [6.07, 6.45) is 1.26. The van der Waals surface area contributed by atoms with E-state index in [4.69, 9.17) is 0 Å². The number of hydrogen-bond acceptors (Lipinski definition) is 4. The average molecular weight is 225 g/mol. The van der Waals surface area contributed by atoms with Crippen LogP contribution in [0.2, 0.25) is 0 Å². The third kappa shape index (κ3) is 2.56. The first-order chi connectivity index (χ1) is 7.31. The molecule has 0 aliphatic carbocycles. The molecule has 0 amide bonds. The van der Waals surface area contributed by atoms with Gasteiger partial charge in [0, 0.05) is 24.5 Å². The number of thiazole rings is 1. The van der Waals surface area contributed by atoms with E-state index in [1.807, 2.05) is 5.51 Å². The zero-order valence-electron chi connectivity index (χ0n) is 9.44. The quantitative estimate of drug-likeness (QED) is 0.843. The summed E-state index contributed by atoms with van der Waals surface area (Å²) >= 11 is 1.68. The molecule has 15 heavy (non-hydrogen) atoms. The zero-order valence-corrected chi connectivity index (χ0v) is 10.3. The summed E-state index contributed by atoms with van der Waals surface area (Å²) in [5.74, 6) is 0.800. The normalized spacial score (nSPS) is 26.3. The number of likely N-dealkylation sites (N-methyl/N-ethyl adjacent to an activating group) is 1. The Balaban J connectivity index is 1.92. The average Bonchev–Trinajstić information content (AvgIpc) is 2.86. The van der Waals surface area contributed by atoms with Crippen LogP contribution in [0.4, 0.5) is 0 Å². The molecule has 3 nitrogen and oxygen atoms in total. The Labute approximate surface area is 95.5 Å². The summed E-state index contributed by atoms with van der Waals surface area (Å²) in [5, 5.41) is 5.61. The Bertz CT molecular complexity index is 286. The molecular formula is C11H19N3S. The molecule has 2 heterocycles. The Morgan fingerprint density at radius 2 is 2.47 bits per heavy atom. The van der Waals surface area contributed by atoms with Crippen LogP contribution in [0.25, 0.3) is 0 Å². The van der Waals surface area contributed by atoms with Crippen molar-refractivity contribution in [3.8, 4) is 0 Å². The summed E-state index contributed by atoms with van der Waals surface area (Å²) in [5.41, 5.74) is 3.11. The lowest BCUT2D eigenvalue weighted by atomic mass is 10.00. The lowest BCUT2D eigenvalue weighted by Gasteiger charge is -2.27. The SMILES string of the molecule is CCC1CNCC1N(C)Cc1cscn1. The van der Waals surface area contributed by atoms with Crippen LogP contribution in [0.15, 0.2) is 10.9 Å². The van der Waals surface area contributed by atoms with Gasteiger partial charge in [0.15, 0.2) is 0 Å². The fraction of sp³-hybridized carbons (Fsp3) is 0.727. The fourth-order valence-electron chi connectivity index (χ4n) is 2.34. The zero-order chi connectivity index (χ0) is 10.7. The molecule has 0 aromatic carbocycles. The van der Waals surface area contributed by atoms with E-state index in [0.717, 1.165) is 19.0 Å². The molecule has 0 radical (unpaired) electrons. The van der Waals surface area contributed by atoms with Crippen LogP contribution in [0.1, 0.15) is 19.0 Å². The Morgan fingerprint density at radius 1 is 1.60 bits per heavy atom. The van der Waals surface area contributed by atoms with Crippen LogP contribution >= 0.6 is 11.3 Å². The first-order valence-corrected chi connectivity index (χ1v) is 6.53. The van der Waals surface area contributed by atoms with Gasteiger partial charge in [-0.15, -0.1) is 11.3 Å². The van der Waals surface area contributed by atoms with Crippen molar-refractivity contribution in [2.45, 2.75) is 25.9 Å². The van der Waals surface area contributed by atoms with Crippen molar-refractivity contribution >= 4 is 11.3 Å². The van der Waals surface area contributed by atoms with Crippen LogP contribution in [-0.2, 0) is 6.54 Å². The second-order valence-electron chi connectivity index (χ2n) is 4.29. The van der Waals surface area contributed by atoms with Gasteiger partial charge in [-0.1, -0.05) is 13.3 Å². The van der Waals surface area contributed by atoms with Gasteiger partial charge in [-0.2, -0.15) is 0 Å². The molecule has 1 aliphatic heterocycles. The Morgan fingerprint density at radius 3 is 3.13 bits per heavy atom. The van der Waals surface area contributed by atoms with Gasteiger partial charge < -0.3 is 5.32 Å². The third-order valence-electron chi connectivity index (χ3n) is 3.29. The van der Waals surface area contributed by atoms with Crippen LogP contribution in [0, 0.1) is 5.92 Å². The smallest absolute Gasteiger partial charge is 0.0795 e. The van der Waals surface area contributed by atoms with Crippen molar-refractivity contribution in [1.82, 2.24) is 15.2 Å². The van der Waals surface area contributed by atoms with E-state index >= 15 is 0 Å². The molecule has 0 bridgehead atoms. The molecule has 2 rings (SSSR count). The van der Waals surface area contributed by atoms with Crippen molar-refractivity contribution < 1.29 is 0 Å². The maximum atomic E-state index is 4.33. The third-order valence-corrected chi connectivity index (χ3v) is 3.92. The first-order valence-electron chi connectivity index (χ1n) is 5.59. The molecule has 1 aromatic heterocycles. The molecule has 1 N–H and O–H groups in total. The summed E-state index contributed by atoms with van der Waals surface area (Å²) < 4.78 is 0. The molecule has 1 aromatic rings. The largest absolute Gasteiger partial charge is 0.315 e. The molecule has 4 heteroatoms. The molecule has 1 aliphatic rings. The Kier molecular flexibility index (Phi) is 3.72. The predicted molar refractivity (Wildman–Crippen MR) is 64.0 cm³/mol. The van der Waals surface area contributed by atoms with Gasteiger partial charge in [-0.3, -0.25) is 4.90 Å². The van der Waals surface area contributed by atoms with E-state index in [1.54, 1.807) is 11.3 Å². The standard InChI is InChI=1S/C11H19N3S/c1-3-9-4-12-5-11(9)14(2)6-10-7-15-8-13-10/h7-9,11-12H,3-6H2,1-2H3. The monoisotopic (exact) mass is 225 g/mol. The van der Waals surface area contributed by atoms with Crippen LogP contribution in [-0.4, -0.2) is 36.1 Å². The number of nitrogens with zero attached hydrogens (tertiary/aromatic N) is 2. The lowest BCUT2D eigenvalue weighted by molar-refractivity contribution is 0.199. The highest BCUT2D eigenvalue weighted by atomic mass is 32.1. The summed E-state index contributed by atoms with van der Waals surface area (Å²) in [4.78, 5) is 6.77. The molecule has 2 atom stereocenters. The van der Waals surface area contributed by atoms with Gasteiger partial charge >= 0.3 is 0 Å². The number of hydrogen-bond donors (Lipinski definition) is 1. The van der Waals surface area contributed by atoms with E-state index in [9.17, 15) is 0 Å². The molecule has 2 unspecified atom stereocenters. The molecule has 1 fully saturated rings. The minimum Gasteiger partial charge on any atom is -0.315 e. The van der Waals surface area contributed by atoms with Crippen molar-refractivity contribution in [3.05, 3.63) is 16.6 Å². The molecule has 0 spiro atoms. The van der Waals surface area contributed by atoms with Gasteiger partial charge in [0.1, 0.15) is 0 Å². The number of rotatable bonds is 4. The van der Waals surface area contributed by atoms with Gasteiger partial charge in [0.25, 0.3) is 0 Å². The minimum atomic E-state index is 0.678. The second-order valence-corrected chi connectivity index (χ2v) is 5.01. The molecule has 1 saturated heterocycles. The number of aromatic nitrogens is 1. The number of nitrogens with one attached hydrogen (secondary N) is 1. The van der Waals surface area contributed by atoms with Gasteiger partial charge in [-0.25, -0.2) is 4.98 Å². The lowest BCUT2D eigenvalue weighted by Crippen LogP contribution is -2.37. The van der Waals surface area contributed by atoms with E-state index in [-0.39, 0.29) is 0 Å². The van der Waals surface area contributed by atoms with E-state index < -0.39 is 0 Å². The van der Waals surface area contributed by atoms with Gasteiger partial charge in [0.2, 0.25) is 0 Å². The van der Waals surface area contributed by atoms with E-state index in [1.165, 1.54) is 18.7 Å². The van der Waals surface area contributed by atoms with Crippen molar-refractivity contribution in [2.75, 3.05) is 20.1 Å². The summed E-state index contributed by atoms with van der Waals surface area (Å²) in [7, 11) is 2.21. The minimum absolute atomic E-state index is 0.678. The highest BCUT2D eigenvalue weighted by Crippen LogP contribution is 2.19. The summed E-state index contributed by atoms with van der Waals surface area (Å²) in [6.45, 7) is 5.55. The van der Waals surface area contributed by atoms with Crippen molar-refractivity contribution in [3.63, 3.8) is 0 Å². The maximum Gasteiger partial charge on any atom is 0.0795 e. The van der Waals surface area contributed by atoms with Crippen LogP contribution in [0.5, 0.6) is 0 Å². The second kappa shape index (κ2) is 5.05. The highest BCUT2D eigenvalue weighted by Gasteiger charge is 2.28. The molecule has 0 saturated carbocycles. The molecular weight excluding hydrogens is 206 g/mol. The van der Waals surface area contributed by atoms with Gasteiger partial charge in [-0.05, 0) is 19.5 Å². The topological polar surface area (TPSA) is 28.2 Å². The highest BCUT2D eigenvalue weighted by molar-refractivity contribution is 7.07. The van der Waals surface area contributed by atoms with Crippen molar-refractivity contribution in [1.29, 1.82) is 0 Å². The van der Waals surface area contributed by atoms with E-state index in [0.29, 0.717) is 6.04 Å². The van der Waals surface area contributed by atoms with E-state index in [2.05, 4.69) is 34.6 Å². The van der Waals surface area contributed by atoms with Crippen LogP contribution in [0.3, 0.4) is 0 Å². The Hall–Kier alpha value is -0.450. The van der Waals surface area contributed by atoms with Crippen molar-refractivity contribution in [2.24, 2.45) is 5.92 Å². The van der Waals surface area contributed by atoms with Gasteiger partial charge in [0.05, 0.1) is 11.2 Å². The van der Waals surface area contributed by atoms with Crippen LogP contribution < -0.4 is 5.32 Å².